The van der Waals surface area contributed by atoms with Gasteiger partial charge in [-0.2, -0.15) is 0 Å². The average Bonchev–Trinajstić information content (AvgIpc) is 3.33. The number of hydrogen-bond donors (Lipinski definition) is 0. The number of nitrogens with zero attached hydrogens (tertiary/aromatic N) is 3. The number of hydrogen-bond acceptors (Lipinski definition) is 5. The lowest BCUT2D eigenvalue weighted by atomic mass is 9.86. The molecule has 0 unspecified atom stereocenters. The van der Waals surface area contributed by atoms with Crippen LogP contribution in [0.15, 0.2) is 24.7 Å². The minimum Gasteiger partial charge on any atom is -0.360 e. The van der Waals surface area contributed by atoms with Crippen molar-refractivity contribution in [1.29, 1.82) is 0 Å². The molecule has 0 amide bonds. The van der Waals surface area contributed by atoms with Crippen LogP contribution in [0.1, 0.15) is 73.9 Å². The van der Waals surface area contributed by atoms with Crippen LogP contribution in [0.5, 0.6) is 0 Å². The first-order valence-electron chi connectivity index (χ1n) is 11.7. The van der Waals surface area contributed by atoms with Gasteiger partial charge in [0.2, 0.25) is 0 Å². The Kier molecular flexibility index (Phi) is 5.41. The Bertz CT molecular complexity index is 1390. The third-order valence-electron chi connectivity index (χ3n) is 6.44. The lowest BCUT2D eigenvalue weighted by molar-refractivity contribution is -0.138. The average molecular weight is 462 g/mol. The Morgan fingerprint density at radius 2 is 1.97 bits per heavy atom. The predicted molar refractivity (Wildman–Crippen MR) is 134 cm³/mol. The third-order valence-corrected chi connectivity index (χ3v) is 7.63. The van der Waals surface area contributed by atoms with E-state index in [0.29, 0.717) is 0 Å². The molecule has 1 aliphatic rings. The Morgan fingerprint density at radius 3 is 2.70 bits per heavy atom. The Balaban J connectivity index is 1.91. The third kappa shape index (κ3) is 3.89. The maximum Gasteiger partial charge on any atom is 0.163 e. The second-order valence-corrected chi connectivity index (χ2v) is 11.2. The second-order valence-electron chi connectivity index (χ2n) is 10.2. The summed E-state index contributed by atoms with van der Waals surface area (Å²) >= 11 is 1.82. The molecule has 0 radical (unpaired) electrons. The van der Waals surface area contributed by atoms with Crippen molar-refractivity contribution in [1.82, 2.24) is 14.4 Å². The number of aromatic nitrogens is 3. The van der Waals surface area contributed by atoms with Crippen LogP contribution in [-0.4, -0.2) is 25.8 Å². The minimum absolute atomic E-state index is 0.000819. The topological polar surface area (TPSA) is 56.5 Å². The number of imidazole rings is 1. The highest BCUT2D eigenvalue weighted by molar-refractivity contribution is 7.19. The van der Waals surface area contributed by atoms with Crippen LogP contribution in [-0.2, 0) is 22.4 Å². The molecule has 0 aromatic carbocycles. The Morgan fingerprint density at radius 1 is 1.21 bits per heavy atom. The molecule has 6 heteroatoms. The molecular formula is C27H31N3O2S. The van der Waals surface area contributed by atoms with E-state index >= 15 is 0 Å². The molecule has 0 aliphatic heterocycles. The van der Waals surface area contributed by atoms with Gasteiger partial charge in [-0.05, 0) is 84.4 Å². The molecular weight excluding hydrogens is 430 g/mol. The van der Waals surface area contributed by atoms with E-state index in [4.69, 9.17) is 9.72 Å². The molecule has 0 saturated carbocycles. The summed E-state index contributed by atoms with van der Waals surface area (Å²) in [6.07, 6.45) is 9.85. The summed E-state index contributed by atoms with van der Waals surface area (Å²) in [5.74, 6) is 0.000819. The first-order valence-corrected chi connectivity index (χ1v) is 12.5. The van der Waals surface area contributed by atoms with Crippen molar-refractivity contribution in [3.8, 4) is 11.1 Å². The van der Waals surface area contributed by atoms with Gasteiger partial charge >= 0.3 is 0 Å². The molecule has 172 valence electrons. The van der Waals surface area contributed by atoms with Crippen LogP contribution in [0.2, 0.25) is 0 Å². The van der Waals surface area contributed by atoms with E-state index < -0.39 is 11.7 Å². The van der Waals surface area contributed by atoms with Crippen molar-refractivity contribution in [3.63, 3.8) is 0 Å². The smallest absolute Gasteiger partial charge is 0.163 e. The summed E-state index contributed by atoms with van der Waals surface area (Å²) in [6.45, 7) is 11.8. The van der Waals surface area contributed by atoms with E-state index in [1.54, 1.807) is 6.92 Å². The summed E-state index contributed by atoms with van der Waals surface area (Å²) in [5.41, 5.74) is 6.98. The van der Waals surface area contributed by atoms with Gasteiger partial charge < -0.3 is 9.14 Å². The van der Waals surface area contributed by atoms with Crippen molar-refractivity contribution in [2.75, 3.05) is 0 Å². The lowest BCUT2D eigenvalue weighted by Crippen LogP contribution is -2.27. The van der Waals surface area contributed by atoms with E-state index in [2.05, 4.69) is 28.6 Å². The number of ketones is 1. The number of rotatable bonds is 4. The van der Waals surface area contributed by atoms with Crippen LogP contribution >= 0.6 is 11.3 Å². The van der Waals surface area contributed by atoms with Crippen LogP contribution in [0, 0.1) is 13.8 Å². The van der Waals surface area contributed by atoms with E-state index in [1.165, 1.54) is 28.7 Å². The van der Waals surface area contributed by atoms with Crippen molar-refractivity contribution >= 4 is 33.0 Å². The van der Waals surface area contributed by atoms with Crippen molar-refractivity contribution in [2.24, 2.45) is 0 Å². The highest BCUT2D eigenvalue weighted by atomic mass is 32.1. The highest BCUT2D eigenvalue weighted by Crippen LogP contribution is 2.46. The van der Waals surface area contributed by atoms with Crippen LogP contribution < -0.4 is 0 Å². The number of thiophene rings is 1. The van der Waals surface area contributed by atoms with Gasteiger partial charge in [-0.3, -0.25) is 4.79 Å². The summed E-state index contributed by atoms with van der Waals surface area (Å²) in [7, 11) is 0. The molecule has 5 nitrogen and oxygen atoms in total. The van der Waals surface area contributed by atoms with E-state index in [0.717, 1.165) is 51.3 Å². The summed E-state index contributed by atoms with van der Waals surface area (Å²) < 4.78 is 8.46. The Labute approximate surface area is 198 Å². The molecule has 1 aliphatic carbocycles. The van der Waals surface area contributed by atoms with Crippen molar-refractivity contribution in [3.05, 3.63) is 51.9 Å². The summed E-state index contributed by atoms with van der Waals surface area (Å²) in [6, 6.07) is 2.12. The number of pyridine rings is 2. The highest BCUT2D eigenvalue weighted by Gasteiger charge is 2.32. The fourth-order valence-electron chi connectivity index (χ4n) is 5.04. The maximum atomic E-state index is 13.0. The van der Waals surface area contributed by atoms with Gasteiger partial charge in [0, 0.05) is 51.2 Å². The standard InChI is InChI=1S/C27H31N3O2S/c1-15-13-21-28-11-12-30(21)14-19(15)23-22(25(17(3)31)32-27(4,5)6)16(2)29-26-24(23)18-9-7-8-10-20(18)33-26/h11-14,25H,7-10H2,1-6H3/t25-/m1/s1. The van der Waals surface area contributed by atoms with Crippen LogP contribution in [0.25, 0.3) is 27.0 Å². The fraction of sp³-hybridized carbons (Fsp3) is 0.444. The monoisotopic (exact) mass is 461 g/mol. The van der Waals surface area contributed by atoms with Gasteiger partial charge in [0.1, 0.15) is 16.6 Å². The molecule has 4 aromatic heterocycles. The predicted octanol–water partition coefficient (Wildman–Crippen LogP) is 6.55. The molecule has 1 atom stereocenters. The normalized spacial score (nSPS) is 15.2. The first kappa shape index (κ1) is 22.2. The number of carbonyl (C=O) groups excluding carboxylic acids is 1. The molecule has 5 rings (SSSR count). The van der Waals surface area contributed by atoms with E-state index in [9.17, 15) is 4.79 Å². The summed E-state index contributed by atoms with van der Waals surface area (Å²) in [4.78, 5) is 25.0. The van der Waals surface area contributed by atoms with E-state index in [-0.39, 0.29) is 5.78 Å². The van der Waals surface area contributed by atoms with Crippen molar-refractivity contribution < 1.29 is 9.53 Å². The number of Topliss-reactive ketones (excluding diaryl/α,β-unsaturated/α-hetero) is 1. The van der Waals surface area contributed by atoms with E-state index in [1.807, 2.05) is 51.4 Å². The van der Waals surface area contributed by atoms with Crippen LogP contribution in [0.3, 0.4) is 0 Å². The van der Waals surface area contributed by atoms with Crippen LogP contribution in [0.4, 0.5) is 0 Å². The van der Waals surface area contributed by atoms with Gasteiger partial charge in [-0.25, -0.2) is 9.97 Å². The zero-order valence-corrected chi connectivity index (χ0v) is 21.1. The molecule has 0 saturated heterocycles. The lowest BCUT2D eigenvalue weighted by Gasteiger charge is -2.29. The summed E-state index contributed by atoms with van der Waals surface area (Å²) in [5, 5.41) is 1.21. The van der Waals surface area contributed by atoms with Gasteiger partial charge in [0.15, 0.2) is 5.78 Å². The SMILES string of the molecule is CC(=O)[C@@H](OC(C)(C)C)c1c(C)nc2sc3c(c2c1-c1cn2ccnc2cc1C)CCCC3. The van der Waals surface area contributed by atoms with Gasteiger partial charge in [-0.15, -0.1) is 11.3 Å². The largest absolute Gasteiger partial charge is 0.360 e. The number of carbonyl (C=O) groups is 1. The fourth-order valence-corrected chi connectivity index (χ4v) is 6.35. The second kappa shape index (κ2) is 8.03. The molecule has 4 heterocycles. The molecule has 0 spiro atoms. The van der Waals surface area contributed by atoms with Gasteiger partial charge in [0.05, 0.1) is 5.60 Å². The molecule has 0 N–H and O–H groups in total. The quantitative estimate of drug-likeness (QED) is 0.346. The van der Waals surface area contributed by atoms with Gasteiger partial charge in [0.25, 0.3) is 0 Å². The Hall–Kier alpha value is -2.57. The number of fused-ring (bicyclic) bond motifs is 4. The maximum absolute atomic E-state index is 13.0. The number of ether oxygens (including phenoxy) is 1. The van der Waals surface area contributed by atoms with Gasteiger partial charge in [-0.1, -0.05) is 0 Å². The molecule has 0 bridgehead atoms. The zero-order chi connectivity index (χ0) is 23.5. The first-order chi connectivity index (χ1) is 15.6. The molecule has 4 aromatic rings. The van der Waals surface area contributed by atoms with Crippen molar-refractivity contribution in [2.45, 2.75) is 78.9 Å². The minimum atomic E-state index is -0.672. The number of aryl methyl sites for hydroxylation is 4. The zero-order valence-electron chi connectivity index (χ0n) is 20.3. The molecule has 33 heavy (non-hydrogen) atoms. The molecule has 0 fully saturated rings.